The molecular weight excluding hydrogens is 258 g/mol. The Morgan fingerprint density at radius 1 is 1.24 bits per heavy atom. The number of hydrogen-bond acceptors (Lipinski definition) is 1. The molecule has 1 saturated heterocycles. The molecule has 6 heteroatoms. The van der Waals surface area contributed by atoms with Crippen LogP contribution in [-0.2, 0) is 6.18 Å². The molecule has 0 spiro atoms. The second kappa shape index (κ2) is 5.23. The van der Waals surface area contributed by atoms with E-state index in [1.54, 1.807) is 0 Å². The minimum absolute atomic E-state index is 0. The van der Waals surface area contributed by atoms with Gasteiger partial charge in [0.2, 0.25) is 0 Å². The molecule has 1 aromatic rings. The van der Waals surface area contributed by atoms with Gasteiger partial charge in [0.25, 0.3) is 0 Å². The first-order chi connectivity index (χ1) is 7.48. The summed E-state index contributed by atoms with van der Waals surface area (Å²) in [6.45, 7) is 0.783. The minimum atomic E-state index is -4.48. The van der Waals surface area contributed by atoms with Crippen molar-refractivity contribution in [2.75, 3.05) is 6.54 Å². The van der Waals surface area contributed by atoms with Crippen LogP contribution in [0.3, 0.4) is 0 Å². The summed E-state index contributed by atoms with van der Waals surface area (Å²) in [5.74, 6) is -0.783. The molecule has 2 rings (SSSR count). The van der Waals surface area contributed by atoms with Crippen molar-refractivity contribution >= 4 is 12.4 Å². The molecule has 1 aromatic carbocycles. The molecule has 96 valence electrons. The molecule has 17 heavy (non-hydrogen) atoms. The van der Waals surface area contributed by atoms with Gasteiger partial charge in [-0.15, -0.1) is 12.4 Å². The van der Waals surface area contributed by atoms with E-state index in [9.17, 15) is 17.6 Å². The zero-order chi connectivity index (χ0) is 11.8. The van der Waals surface area contributed by atoms with Crippen LogP contribution in [0.4, 0.5) is 17.6 Å². The van der Waals surface area contributed by atoms with Gasteiger partial charge in [0.05, 0.1) is 5.56 Å². The molecule has 1 N–H and O–H groups in total. The molecule has 1 aliphatic rings. The summed E-state index contributed by atoms with van der Waals surface area (Å²) in [6, 6.07) is 2.57. The molecule has 1 heterocycles. The first-order valence-electron chi connectivity index (χ1n) is 5.08. The van der Waals surface area contributed by atoms with Crippen LogP contribution in [0.15, 0.2) is 18.2 Å². The Labute approximate surface area is 103 Å². The fourth-order valence-electron chi connectivity index (χ4n) is 1.94. The van der Waals surface area contributed by atoms with E-state index in [-0.39, 0.29) is 18.4 Å². The van der Waals surface area contributed by atoms with E-state index >= 15 is 0 Å². The van der Waals surface area contributed by atoms with E-state index in [1.807, 2.05) is 0 Å². The fourth-order valence-corrected chi connectivity index (χ4v) is 1.94. The van der Waals surface area contributed by atoms with Crippen molar-refractivity contribution in [3.63, 3.8) is 0 Å². The smallest absolute Gasteiger partial charge is 0.310 e. The van der Waals surface area contributed by atoms with Gasteiger partial charge in [0, 0.05) is 11.6 Å². The van der Waals surface area contributed by atoms with Crippen LogP contribution in [-0.4, -0.2) is 6.54 Å². The van der Waals surface area contributed by atoms with Crippen LogP contribution in [0.2, 0.25) is 0 Å². The molecule has 0 aliphatic carbocycles. The van der Waals surface area contributed by atoms with Crippen molar-refractivity contribution in [3.05, 3.63) is 35.1 Å². The molecule has 0 saturated carbocycles. The van der Waals surface area contributed by atoms with Gasteiger partial charge in [-0.2, -0.15) is 13.2 Å². The third-order valence-electron chi connectivity index (χ3n) is 2.76. The Hall–Kier alpha value is -0.810. The van der Waals surface area contributed by atoms with Crippen LogP contribution in [0.25, 0.3) is 0 Å². The average molecular weight is 270 g/mol. The average Bonchev–Trinajstić information content (AvgIpc) is 2.69. The maximum Gasteiger partial charge on any atom is 0.416 e. The van der Waals surface area contributed by atoms with Crippen LogP contribution in [0, 0.1) is 5.82 Å². The van der Waals surface area contributed by atoms with Gasteiger partial charge in [-0.1, -0.05) is 6.07 Å². The maximum atomic E-state index is 13.5. The standard InChI is InChI=1S/C11H11F4N.ClH/c12-9-6-7(11(13,14)15)3-4-8(9)10-2-1-5-16-10;/h3-4,6,10,16H,1-2,5H2;1H/t10-;/m1./s1. The molecule has 0 aromatic heterocycles. The van der Waals surface area contributed by atoms with Gasteiger partial charge in [0.1, 0.15) is 5.82 Å². The predicted molar refractivity (Wildman–Crippen MR) is 58.6 cm³/mol. The van der Waals surface area contributed by atoms with Gasteiger partial charge < -0.3 is 5.32 Å². The van der Waals surface area contributed by atoms with Crippen molar-refractivity contribution in [1.29, 1.82) is 0 Å². The number of hydrogen-bond donors (Lipinski definition) is 1. The van der Waals surface area contributed by atoms with E-state index in [0.29, 0.717) is 11.6 Å². The summed E-state index contributed by atoms with van der Waals surface area (Å²) in [4.78, 5) is 0. The third-order valence-corrected chi connectivity index (χ3v) is 2.76. The summed E-state index contributed by atoms with van der Waals surface area (Å²) in [6.07, 6.45) is -2.80. The van der Waals surface area contributed by atoms with Gasteiger partial charge >= 0.3 is 6.18 Å². The van der Waals surface area contributed by atoms with E-state index < -0.39 is 17.6 Å². The van der Waals surface area contributed by atoms with Crippen LogP contribution >= 0.6 is 12.4 Å². The Morgan fingerprint density at radius 3 is 2.41 bits per heavy atom. The third kappa shape index (κ3) is 3.10. The number of rotatable bonds is 1. The normalized spacial score (nSPS) is 20.1. The van der Waals surface area contributed by atoms with Crippen molar-refractivity contribution < 1.29 is 17.6 Å². The van der Waals surface area contributed by atoms with E-state index in [0.717, 1.165) is 25.5 Å². The van der Waals surface area contributed by atoms with E-state index in [1.165, 1.54) is 6.07 Å². The zero-order valence-electron chi connectivity index (χ0n) is 8.85. The topological polar surface area (TPSA) is 12.0 Å². The highest BCUT2D eigenvalue weighted by atomic mass is 35.5. The molecule has 1 aliphatic heterocycles. The zero-order valence-corrected chi connectivity index (χ0v) is 9.67. The van der Waals surface area contributed by atoms with Gasteiger partial charge in [0.15, 0.2) is 0 Å². The number of halogens is 5. The van der Waals surface area contributed by atoms with Crippen LogP contribution in [0.5, 0.6) is 0 Å². The first-order valence-corrected chi connectivity index (χ1v) is 5.08. The quantitative estimate of drug-likeness (QED) is 0.767. The lowest BCUT2D eigenvalue weighted by molar-refractivity contribution is -0.137. The van der Waals surface area contributed by atoms with Gasteiger partial charge in [-0.05, 0) is 31.5 Å². The van der Waals surface area contributed by atoms with Crippen molar-refractivity contribution in [2.24, 2.45) is 0 Å². The lowest BCUT2D eigenvalue weighted by atomic mass is 10.0. The molecule has 1 fully saturated rings. The molecule has 0 amide bonds. The highest BCUT2D eigenvalue weighted by molar-refractivity contribution is 5.85. The number of alkyl halides is 3. The van der Waals surface area contributed by atoms with Crippen molar-refractivity contribution in [2.45, 2.75) is 25.1 Å². The summed E-state index contributed by atoms with van der Waals surface area (Å²) < 4.78 is 50.4. The number of benzene rings is 1. The Bertz CT molecular complexity index is 386. The van der Waals surface area contributed by atoms with E-state index in [4.69, 9.17) is 0 Å². The summed E-state index contributed by atoms with van der Waals surface area (Å²) in [5, 5.41) is 3.05. The maximum absolute atomic E-state index is 13.5. The first kappa shape index (κ1) is 14.3. The number of nitrogens with one attached hydrogen (secondary N) is 1. The Kier molecular flexibility index (Phi) is 4.38. The van der Waals surface area contributed by atoms with Crippen molar-refractivity contribution in [1.82, 2.24) is 5.32 Å². The highest BCUT2D eigenvalue weighted by Gasteiger charge is 2.32. The SMILES string of the molecule is Cl.Fc1cc(C(F)(F)F)ccc1[C@H]1CCCN1. The molecule has 0 radical (unpaired) electrons. The van der Waals surface area contributed by atoms with Gasteiger partial charge in [-0.3, -0.25) is 0 Å². The minimum Gasteiger partial charge on any atom is -0.310 e. The molecular formula is C11H12ClF4N. The Balaban J connectivity index is 0.00000144. The second-order valence-corrected chi connectivity index (χ2v) is 3.88. The molecule has 0 bridgehead atoms. The van der Waals surface area contributed by atoms with Gasteiger partial charge in [-0.25, -0.2) is 4.39 Å². The molecule has 0 unspecified atom stereocenters. The fraction of sp³-hybridized carbons (Fsp3) is 0.455. The second-order valence-electron chi connectivity index (χ2n) is 3.88. The highest BCUT2D eigenvalue weighted by Crippen LogP contribution is 2.32. The predicted octanol–water partition coefficient (Wildman–Crippen LogP) is 3.69. The van der Waals surface area contributed by atoms with Crippen LogP contribution < -0.4 is 5.32 Å². The molecule has 1 nitrogen and oxygen atoms in total. The lowest BCUT2D eigenvalue weighted by Gasteiger charge is -2.13. The molecule has 1 atom stereocenters. The van der Waals surface area contributed by atoms with Crippen molar-refractivity contribution in [3.8, 4) is 0 Å². The summed E-state index contributed by atoms with van der Waals surface area (Å²) in [7, 11) is 0. The summed E-state index contributed by atoms with van der Waals surface area (Å²) >= 11 is 0. The van der Waals surface area contributed by atoms with E-state index in [2.05, 4.69) is 5.32 Å². The Morgan fingerprint density at radius 2 is 1.94 bits per heavy atom. The largest absolute Gasteiger partial charge is 0.416 e. The lowest BCUT2D eigenvalue weighted by Crippen LogP contribution is -2.15. The summed E-state index contributed by atoms with van der Waals surface area (Å²) in [5.41, 5.74) is -0.614. The monoisotopic (exact) mass is 269 g/mol. The van der Waals surface area contributed by atoms with Crippen LogP contribution in [0.1, 0.15) is 30.0 Å².